The van der Waals surface area contributed by atoms with Crippen molar-refractivity contribution in [2.45, 2.75) is 18.9 Å². The molecule has 3 nitrogen and oxygen atoms in total. The van der Waals surface area contributed by atoms with E-state index in [0.29, 0.717) is 6.04 Å². The van der Waals surface area contributed by atoms with Gasteiger partial charge in [0.1, 0.15) is 5.75 Å². The van der Waals surface area contributed by atoms with Gasteiger partial charge in [0, 0.05) is 24.2 Å². The lowest BCUT2D eigenvalue weighted by Crippen LogP contribution is -2.39. The molecule has 2 aliphatic heterocycles. The number of hydrogen-bond donors (Lipinski definition) is 1. The molecule has 2 saturated heterocycles. The number of anilines is 1. The molecule has 0 radical (unpaired) electrons. The van der Waals surface area contributed by atoms with Gasteiger partial charge in [-0.3, -0.25) is 0 Å². The normalized spacial score (nSPS) is 30.2. The fraction of sp³-hybridized carbons (Fsp3) is 0.571. The summed E-state index contributed by atoms with van der Waals surface area (Å²) < 4.78 is 5.39. The molecule has 0 spiro atoms. The van der Waals surface area contributed by atoms with Crippen LogP contribution in [0.15, 0.2) is 18.2 Å². The van der Waals surface area contributed by atoms with Crippen LogP contribution in [0, 0.1) is 5.92 Å². The zero-order valence-corrected chi connectivity index (χ0v) is 11.4. The van der Waals surface area contributed by atoms with E-state index < -0.39 is 0 Å². The third-order valence-corrected chi connectivity index (χ3v) is 4.37. The number of ether oxygens (including phenoxy) is 1. The van der Waals surface area contributed by atoms with Crippen molar-refractivity contribution in [3.05, 3.63) is 23.2 Å². The predicted octanol–water partition coefficient (Wildman–Crippen LogP) is 2.85. The molecule has 1 aromatic rings. The molecule has 0 aliphatic carbocycles. The molecule has 1 aromatic carbocycles. The summed E-state index contributed by atoms with van der Waals surface area (Å²) in [6.07, 6.45) is 2.51. The second-order valence-corrected chi connectivity index (χ2v) is 5.67. The smallest absolute Gasteiger partial charge is 0.142 e. The van der Waals surface area contributed by atoms with Crippen LogP contribution in [0.5, 0.6) is 5.75 Å². The number of nitrogens with one attached hydrogen (secondary N) is 1. The molecule has 2 bridgehead atoms. The average molecular weight is 267 g/mol. The van der Waals surface area contributed by atoms with Gasteiger partial charge in [-0.25, -0.2) is 0 Å². The van der Waals surface area contributed by atoms with E-state index >= 15 is 0 Å². The largest absolute Gasteiger partial charge is 0.495 e. The fourth-order valence-electron chi connectivity index (χ4n) is 3.13. The number of fused-ring (bicyclic) bond motifs is 2. The molecule has 3 rings (SSSR count). The van der Waals surface area contributed by atoms with Gasteiger partial charge in [-0.1, -0.05) is 11.6 Å². The van der Waals surface area contributed by atoms with E-state index in [1.807, 2.05) is 18.2 Å². The number of hydrogen-bond acceptors (Lipinski definition) is 3. The Bertz CT molecular complexity index is 438. The van der Waals surface area contributed by atoms with E-state index in [2.05, 4.69) is 10.2 Å². The molecule has 3 unspecified atom stereocenters. The summed E-state index contributed by atoms with van der Waals surface area (Å²) >= 11 is 6.07. The summed E-state index contributed by atoms with van der Waals surface area (Å²) in [7, 11) is 1.70. The van der Waals surface area contributed by atoms with Crippen LogP contribution in [0.2, 0.25) is 5.02 Å². The Morgan fingerprint density at radius 2 is 2.17 bits per heavy atom. The van der Waals surface area contributed by atoms with E-state index in [4.69, 9.17) is 16.3 Å². The van der Waals surface area contributed by atoms with Crippen molar-refractivity contribution >= 4 is 17.3 Å². The zero-order valence-electron chi connectivity index (χ0n) is 10.7. The van der Waals surface area contributed by atoms with Gasteiger partial charge in [0.05, 0.1) is 12.8 Å². The predicted molar refractivity (Wildman–Crippen MR) is 74.6 cm³/mol. The molecular formula is C14H19ClN2O. The molecule has 2 aliphatic rings. The average Bonchev–Trinajstić information content (AvgIpc) is 2.76. The number of nitrogens with zero attached hydrogens (tertiary/aromatic N) is 1. The third-order valence-electron chi connectivity index (χ3n) is 4.14. The Hall–Kier alpha value is -0.930. The highest BCUT2D eigenvalue weighted by molar-refractivity contribution is 6.30. The van der Waals surface area contributed by atoms with Crippen molar-refractivity contribution in [1.82, 2.24) is 4.90 Å². The lowest BCUT2D eigenvalue weighted by Gasteiger charge is -2.32. The first-order valence-corrected chi connectivity index (χ1v) is 6.96. The van der Waals surface area contributed by atoms with E-state index in [9.17, 15) is 0 Å². The van der Waals surface area contributed by atoms with Crippen molar-refractivity contribution in [2.75, 3.05) is 32.1 Å². The third kappa shape index (κ3) is 2.29. The number of benzene rings is 1. The van der Waals surface area contributed by atoms with E-state index in [1.54, 1.807) is 7.11 Å². The lowest BCUT2D eigenvalue weighted by molar-refractivity contribution is 0.254. The van der Waals surface area contributed by atoms with Crippen LogP contribution < -0.4 is 10.1 Å². The quantitative estimate of drug-likeness (QED) is 0.911. The second kappa shape index (κ2) is 4.98. The molecule has 2 fully saturated rings. The highest BCUT2D eigenvalue weighted by Crippen LogP contribution is 2.33. The van der Waals surface area contributed by atoms with Gasteiger partial charge in [-0.15, -0.1) is 0 Å². The van der Waals surface area contributed by atoms with Crippen LogP contribution in [0.25, 0.3) is 0 Å². The number of piperidine rings is 1. The Morgan fingerprint density at radius 3 is 3.00 bits per heavy atom. The zero-order chi connectivity index (χ0) is 12.5. The monoisotopic (exact) mass is 266 g/mol. The molecule has 18 heavy (non-hydrogen) atoms. The molecular weight excluding hydrogens is 248 g/mol. The Morgan fingerprint density at radius 1 is 1.33 bits per heavy atom. The number of rotatable bonds is 3. The van der Waals surface area contributed by atoms with E-state index in [-0.39, 0.29) is 0 Å². The summed E-state index contributed by atoms with van der Waals surface area (Å²) in [6.45, 7) is 3.70. The Kier molecular flexibility index (Phi) is 3.35. The molecule has 0 aromatic heterocycles. The van der Waals surface area contributed by atoms with Crippen molar-refractivity contribution in [3.8, 4) is 5.75 Å². The van der Waals surface area contributed by atoms with Crippen LogP contribution in [-0.2, 0) is 0 Å². The van der Waals surface area contributed by atoms with Gasteiger partial charge < -0.3 is 15.0 Å². The first-order valence-electron chi connectivity index (χ1n) is 6.58. The minimum Gasteiger partial charge on any atom is -0.495 e. The molecule has 98 valence electrons. The van der Waals surface area contributed by atoms with Crippen LogP contribution >= 0.6 is 11.6 Å². The SMILES string of the molecule is COc1ccc(Cl)cc1NC1CCN2CCC1C2. The van der Waals surface area contributed by atoms with Crippen molar-refractivity contribution < 1.29 is 4.74 Å². The van der Waals surface area contributed by atoms with E-state index in [1.165, 1.54) is 32.5 Å². The molecule has 3 atom stereocenters. The maximum absolute atomic E-state index is 6.07. The highest BCUT2D eigenvalue weighted by Gasteiger charge is 2.34. The highest BCUT2D eigenvalue weighted by atomic mass is 35.5. The van der Waals surface area contributed by atoms with Crippen LogP contribution in [0.3, 0.4) is 0 Å². The van der Waals surface area contributed by atoms with Gasteiger partial charge in [0.15, 0.2) is 0 Å². The number of halogens is 1. The Balaban J connectivity index is 1.77. The van der Waals surface area contributed by atoms with Gasteiger partial charge in [0.2, 0.25) is 0 Å². The standard InChI is InChI=1S/C14H19ClN2O/c1-18-14-3-2-11(15)8-13(14)16-12-5-7-17-6-4-10(12)9-17/h2-3,8,10,12,16H,4-7,9H2,1H3. The van der Waals surface area contributed by atoms with Crippen molar-refractivity contribution in [3.63, 3.8) is 0 Å². The summed E-state index contributed by atoms with van der Waals surface area (Å²) in [5, 5.41) is 4.38. The minimum atomic E-state index is 0.552. The maximum Gasteiger partial charge on any atom is 0.142 e. The topological polar surface area (TPSA) is 24.5 Å². The van der Waals surface area contributed by atoms with Gasteiger partial charge in [-0.2, -0.15) is 0 Å². The summed E-state index contributed by atoms with van der Waals surface area (Å²) in [6, 6.07) is 6.30. The van der Waals surface area contributed by atoms with E-state index in [0.717, 1.165) is 22.4 Å². The molecule has 0 amide bonds. The second-order valence-electron chi connectivity index (χ2n) is 5.23. The maximum atomic E-state index is 6.07. The fourth-order valence-corrected chi connectivity index (χ4v) is 3.31. The van der Waals surface area contributed by atoms with Crippen LogP contribution in [-0.4, -0.2) is 37.7 Å². The molecule has 4 heteroatoms. The van der Waals surface area contributed by atoms with Crippen molar-refractivity contribution in [2.24, 2.45) is 5.92 Å². The van der Waals surface area contributed by atoms with Crippen LogP contribution in [0.4, 0.5) is 5.69 Å². The first-order chi connectivity index (χ1) is 8.76. The first kappa shape index (κ1) is 12.1. The van der Waals surface area contributed by atoms with Gasteiger partial charge in [-0.05, 0) is 43.5 Å². The molecule has 2 heterocycles. The summed E-state index contributed by atoms with van der Waals surface area (Å²) in [5.74, 6) is 1.64. The van der Waals surface area contributed by atoms with Gasteiger partial charge >= 0.3 is 0 Å². The molecule has 1 N–H and O–H groups in total. The van der Waals surface area contributed by atoms with Crippen LogP contribution in [0.1, 0.15) is 12.8 Å². The summed E-state index contributed by atoms with van der Waals surface area (Å²) in [4.78, 5) is 2.55. The minimum absolute atomic E-state index is 0.552. The summed E-state index contributed by atoms with van der Waals surface area (Å²) in [5.41, 5.74) is 1.02. The lowest BCUT2D eigenvalue weighted by atomic mass is 9.94. The van der Waals surface area contributed by atoms with Gasteiger partial charge in [0.25, 0.3) is 0 Å². The van der Waals surface area contributed by atoms with Crippen molar-refractivity contribution in [1.29, 1.82) is 0 Å². The Labute approximate surface area is 113 Å². The molecule has 0 saturated carbocycles. The number of methoxy groups -OCH3 is 1.